The van der Waals surface area contributed by atoms with Crippen LogP contribution < -0.4 is 11.1 Å². The molecule has 0 atom stereocenters. The monoisotopic (exact) mass is 418 g/mol. The molecule has 3 N–H and O–H groups in total. The quantitative estimate of drug-likeness (QED) is 0.383. The maximum atomic E-state index is 5.95. The molecule has 0 spiro atoms. The van der Waals surface area contributed by atoms with Crippen LogP contribution in [0, 0.1) is 0 Å². The maximum Gasteiger partial charge on any atom is 0.193 e. The van der Waals surface area contributed by atoms with Crippen molar-refractivity contribution in [1.29, 1.82) is 0 Å². The molecule has 5 heteroatoms. The van der Waals surface area contributed by atoms with Crippen LogP contribution in [-0.4, -0.2) is 37.0 Å². The Morgan fingerprint density at radius 2 is 2.00 bits per heavy atom. The molecule has 126 valence electrons. The molecule has 0 saturated carbocycles. The highest BCUT2D eigenvalue weighted by Crippen LogP contribution is 2.18. The van der Waals surface area contributed by atoms with Crippen LogP contribution in [0.15, 0.2) is 29.3 Å². The van der Waals surface area contributed by atoms with Gasteiger partial charge in [0, 0.05) is 12.2 Å². The zero-order chi connectivity index (χ0) is 15.7. The molecular weight excluding hydrogens is 387 g/mol. The van der Waals surface area contributed by atoms with E-state index in [9.17, 15) is 0 Å². The molecule has 0 amide bonds. The third-order valence-corrected chi connectivity index (χ3v) is 3.51. The molecule has 0 aliphatic carbocycles. The predicted molar refractivity (Wildman–Crippen MR) is 108 cm³/mol. The lowest BCUT2D eigenvalue weighted by atomic mass is 10.0. The molecular formula is C17H31IN4. The molecule has 0 fully saturated rings. The fourth-order valence-corrected chi connectivity index (χ4v) is 2.22. The highest BCUT2D eigenvalue weighted by molar-refractivity contribution is 14.0. The van der Waals surface area contributed by atoms with Gasteiger partial charge in [-0.2, -0.15) is 0 Å². The summed E-state index contributed by atoms with van der Waals surface area (Å²) in [4.78, 5) is 6.79. The molecule has 0 heterocycles. The summed E-state index contributed by atoms with van der Waals surface area (Å²) < 4.78 is 0. The molecule has 0 unspecified atom stereocenters. The molecule has 0 saturated heterocycles. The topological polar surface area (TPSA) is 53.6 Å². The van der Waals surface area contributed by atoms with E-state index in [4.69, 9.17) is 5.73 Å². The number of hydrogen-bond acceptors (Lipinski definition) is 2. The van der Waals surface area contributed by atoms with Crippen molar-refractivity contribution in [3.8, 4) is 0 Å². The van der Waals surface area contributed by atoms with E-state index >= 15 is 0 Å². The lowest BCUT2D eigenvalue weighted by Crippen LogP contribution is -2.29. The van der Waals surface area contributed by atoms with E-state index in [1.165, 1.54) is 12.0 Å². The van der Waals surface area contributed by atoms with Crippen molar-refractivity contribution < 1.29 is 0 Å². The van der Waals surface area contributed by atoms with Crippen molar-refractivity contribution in [2.75, 3.05) is 31.5 Å². The van der Waals surface area contributed by atoms with Gasteiger partial charge in [0.05, 0.1) is 6.54 Å². The van der Waals surface area contributed by atoms with E-state index in [0.717, 1.165) is 31.9 Å². The summed E-state index contributed by atoms with van der Waals surface area (Å²) in [6.45, 7) is 12.6. The average Bonchev–Trinajstić information content (AvgIpc) is 2.46. The van der Waals surface area contributed by atoms with Crippen molar-refractivity contribution >= 4 is 35.6 Å². The zero-order valence-electron chi connectivity index (χ0n) is 14.3. The molecule has 22 heavy (non-hydrogen) atoms. The fraction of sp³-hybridized carbons (Fsp3) is 0.588. The second-order valence-corrected chi connectivity index (χ2v) is 5.61. The molecule has 1 rings (SSSR count). The molecule has 1 aromatic carbocycles. The lowest BCUT2D eigenvalue weighted by molar-refractivity contribution is 0.297. The van der Waals surface area contributed by atoms with E-state index in [2.05, 4.69) is 55.0 Å². The molecule has 1 aromatic rings. The summed E-state index contributed by atoms with van der Waals surface area (Å²) in [5, 5.41) is 3.17. The van der Waals surface area contributed by atoms with Crippen LogP contribution in [0.25, 0.3) is 0 Å². The van der Waals surface area contributed by atoms with Gasteiger partial charge in [-0.25, -0.2) is 0 Å². The summed E-state index contributed by atoms with van der Waals surface area (Å²) in [5.74, 6) is 1.00. The van der Waals surface area contributed by atoms with Gasteiger partial charge >= 0.3 is 0 Å². The predicted octanol–water partition coefficient (Wildman–Crippen LogP) is 3.89. The minimum absolute atomic E-state index is 0. The van der Waals surface area contributed by atoms with Crippen LogP contribution in [0.2, 0.25) is 0 Å². The van der Waals surface area contributed by atoms with Gasteiger partial charge in [0.25, 0.3) is 0 Å². The number of nitrogens with zero attached hydrogens (tertiary/aromatic N) is 2. The van der Waals surface area contributed by atoms with Crippen molar-refractivity contribution in [3.05, 3.63) is 29.8 Å². The van der Waals surface area contributed by atoms with Gasteiger partial charge in [0.2, 0.25) is 0 Å². The highest BCUT2D eigenvalue weighted by atomic mass is 127. The highest BCUT2D eigenvalue weighted by Gasteiger charge is 2.02. The summed E-state index contributed by atoms with van der Waals surface area (Å²) in [5.41, 5.74) is 8.26. The Morgan fingerprint density at radius 1 is 1.27 bits per heavy atom. The standard InChI is InChI=1S/C17H30N4.HI/c1-5-11-21(6-2)12-10-19-17(18)20-16-9-7-8-15(13-16)14(3)4;/h7-9,13-14H,5-6,10-12H2,1-4H3,(H3,18,19,20);1H. The summed E-state index contributed by atoms with van der Waals surface area (Å²) >= 11 is 0. The first-order chi connectivity index (χ1) is 10.1. The van der Waals surface area contributed by atoms with Crippen LogP contribution in [0.3, 0.4) is 0 Å². The van der Waals surface area contributed by atoms with E-state index in [-0.39, 0.29) is 24.0 Å². The first-order valence-electron chi connectivity index (χ1n) is 7.96. The zero-order valence-corrected chi connectivity index (χ0v) is 16.6. The van der Waals surface area contributed by atoms with Crippen molar-refractivity contribution in [2.24, 2.45) is 10.7 Å². The van der Waals surface area contributed by atoms with Crippen LogP contribution in [0.5, 0.6) is 0 Å². The largest absolute Gasteiger partial charge is 0.370 e. The fourth-order valence-electron chi connectivity index (χ4n) is 2.22. The third kappa shape index (κ3) is 7.98. The number of benzene rings is 1. The van der Waals surface area contributed by atoms with Gasteiger partial charge < -0.3 is 16.0 Å². The third-order valence-electron chi connectivity index (χ3n) is 3.51. The van der Waals surface area contributed by atoms with Crippen LogP contribution in [0.4, 0.5) is 5.69 Å². The molecule has 0 aliphatic rings. The van der Waals surface area contributed by atoms with Gasteiger partial charge in [-0.1, -0.05) is 39.8 Å². The van der Waals surface area contributed by atoms with Gasteiger partial charge in [-0.15, -0.1) is 24.0 Å². The maximum absolute atomic E-state index is 5.95. The van der Waals surface area contributed by atoms with Crippen molar-refractivity contribution in [3.63, 3.8) is 0 Å². The van der Waals surface area contributed by atoms with Gasteiger partial charge in [-0.05, 0) is 43.1 Å². The Bertz CT molecular complexity index is 446. The number of nitrogens with two attached hydrogens (primary N) is 1. The minimum Gasteiger partial charge on any atom is -0.370 e. The minimum atomic E-state index is 0. The first-order valence-corrected chi connectivity index (χ1v) is 7.96. The number of anilines is 1. The number of aliphatic imine (C=N–C) groups is 1. The van der Waals surface area contributed by atoms with Crippen LogP contribution in [0.1, 0.15) is 45.6 Å². The molecule has 0 bridgehead atoms. The number of halogens is 1. The average molecular weight is 418 g/mol. The Morgan fingerprint density at radius 3 is 2.59 bits per heavy atom. The van der Waals surface area contributed by atoms with Gasteiger partial charge in [0.15, 0.2) is 5.96 Å². The molecule has 4 nitrogen and oxygen atoms in total. The summed E-state index contributed by atoms with van der Waals surface area (Å²) in [6, 6.07) is 8.32. The first kappa shape index (κ1) is 21.2. The van der Waals surface area contributed by atoms with Gasteiger partial charge in [-0.3, -0.25) is 4.99 Å². The molecule has 0 radical (unpaired) electrons. The Hall–Kier alpha value is -0.820. The van der Waals surface area contributed by atoms with E-state index < -0.39 is 0 Å². The normalized spacial score (nSPS) is 11.6. The van der Waals surface area contributed by atoms with Crippen molar-refractivity contribution in [1.82, 2.24) is 4.90 Å². The molecule has 0 aliphatic heterocycles. The van der Waals surface area contributed by atoms with Gasteiger partial charge in [0.1, 0.15) is 0 Å². The number of nitrogens with one attached hydrogen (secondary N) is 1. The smallest absolute Gasteiger partial charge is 0.193 e. The second-order valence-electron chi connectivity index (χ2n) is 5.61. The second kappa shape index (κ2) is 11.7. The number of rotatable bonds is 8. The Balaban J connectivity index is 0.00000441. The van der Waals surface area contributed by atoms with E-state index in [0.29, 0.717) is 11.9 Å². The Labute approximate surface area is 152 Å². The number of likely N-dealkylation sites (N-methyl/N-ethyl adjacent to an activating group) is 1. The summed E-state index contributed by atoms with van der Waals surface area (Å²) in [7, 11) is 0. The van der Waals surface area contributed by atoms with Crippen LogP contribution >= 0.6 is 24.0 Å². The lowest BCUT2D eigenvalue weighted by Gasteiger charge is -2.18. The summed E-state index contributed by atoms with van der Waals surface area (Å²) in [6.07, 6.45) is 1.17. The van der Waals surface area contributed by atoms with Crippen LogP contribution in [-0.2, 0) is 0 Å². The number of guanidine groups is 1. The van der Waals surface area contributed by atoms with E-state index in [1.807, 2.05) is 12.1 Å². The van der Waals surface area contributed by atoms with E-state index in [1.54, 1.807) is 0 Å². The molecule has 0 aromatic heterocycles. The Kier molecular flexibility index (Phi) is 11.3. The van der Waals surface area contributed by atoms with Crippen molar-refractivity contribution in [2.45, 2.75) is 40.0 Å². The number of hydrogen-bond donors (Lipinski definition) is 2. The SMILES string of the molecule is CCCN(CC)CCN=C(N)Nc1cccc(C(C)C)c1.I.